The Balaban J connectivity index is 1.42. The molecular formula is C34H39N3O5. The molecule has 7 atom stereocenters. The number of rotatable bonds is 9. The van der Waals surface area contributed by atoms with E-state index in [2.05, 4.69) is 10.6 Å². The van der Waals surface area contributed by atoms with Crippen LogP contribution < -0.4 is 10.6 Å². The Kier molecular flexibility index (Phi) is 7.31. The molecule has 0 radical (unpaired) electrons. The Morgan fingerprint density at radius 2 is 1.76 bits per heavy atom. The van der Waals surface area contributed by atoms with Crippen molar-refractivity contribution in [1.82, 2.24) is 10.2 Å². The molecule has 0 saturated carbocycles. The Morgan fingerprint density at radius 1 is 1.05 bits per heavy atom. The number of aliphatic hydroxyl groups is 1. The zero-order chi connectivity index (χ0) is 29.6. The SMILES string of the molecule is CCCNC(=O)[C@@H]1[C@H]2C(=O)N([C@@H](CO)Cc3ccccc3)C(C(=O)Nc3ccc4ccccc4c3)C23CC(C)[C@@]1(C)O3. The van der Waals surface area contributed by atoms with Gasteiger partial charge in [0.25, 0.3) is 0 Å². The zero-order valence-corrected chi connectivity index (χ0v) is 24.4. The minimum atomic E-state index is -1.19. The predicted octanol–water partition coefficient (Wildman–Crippen LogP) is 3.92. The summed E-state index contributed by atoms with van der Waals surface area (Å²) < 4.78 is 6.82. The average molecular weight is 570 g/mol. The van der Waals surface area contributed by atoms with Crippen molar-refractivity contribution in [2.45, 2.75) is 63.3 Å². The fourth-order valence-corrected chi connectivity index (χ4v) is 7.74. The number of amides is 3. The third-order valence-electron chi connectivity index (χ3n) is 9.77. The topological polar surface area (TPSA) is 108 Å². The van der Waals surface area contributed by atoms with Gasteiger partial charge in [-0.15, -0.1) is 0 Å². The van der Waals surface area contributed by atoms with Gasteiger partial charge in [-0.25, -0.2) is 0 Å². The minimum absolute atomic E-state index is 0.0588. The number of benzene rings is 3. The first-order chi connectivity index (χ1) is 20.2. The number of aliphatic hydroxyl groups excluding tert-OH is 1. The van der Waals surface area contributed by atoms with Gasteiger partial charge < -0.3 is 25.4 Å². The largest absolute Gasteiger partial charge is 0.394 e. The molecule has 1 spiro atoms. The van der Waals surface area contributed by atoms with E-state index in [4.69, 9.17) is 4.74 Å². The van der Waals surface area contributed by atoms with Crippen LogP contribution in [0.3, 0.4) is 0 Å². The van der Waals surface area contributed by atoms with Crippen LogP contribution in [0.15, 0.2) is 72.8 Å². The maximum atomic E-state index is 14.5. The van der Waals surface area contributed by atoms with Crippen molar-refractivity contribution in [3.63, 3.8) is 0 Å². The summed E-state index contributed by atoms with van der Waals surface area (Å²) >= 11 is 0. The second-order valence-corrected chi connectivity index (χ2v) is 12.3. The van der Waals surface area contributed by atoms with Crippen molar-refractivity contribution < 1.29 is 24.2 Å². The van der Waals surface area contributed by atoms with Crippen molar-refractivity contribution in [3.05, 3.63) is 78.4 Å². The second kappa shape index (κ2) is 10.8. The molecule has 0 aromatic heterocycles. The van der Waals surface area contributed by atoms with E-state index in [-0.39, 0.29) is 30.2 Å². The fraction of sp³-hybridized carbons (Fsp3) is 0.441. The van der Waals surface area contributed by atoms with Gasteiger partial charge in [-0.1, -0.05) is 74.5 Å². The first kappa shape index (κ1) is 28.4. The second-order valence-electron chi connectivity index (χ2n) is 12.3. The smallest absolute Gasteiger partial charge is 0.250 e. The van der Waals surface area contributed by atoms with E-state index in [9.17, 15) is 19.5 Å². The number of hydrogen-bond acceptors (Lipinski definition) is 5. The van der Waals surface area contributed by atoms with E-state index >= 15 is 0 Å². The standard InChI is InChI=1S/C34H39N3O5/c1-4-16-35-30(39)27-28-32(41)37(26(20-38)17-22-10-6-5-7-11-22)29(34(28)19-21(2)33(27,3)42-34)31(40)36-25-15-14-23-12-8-9-13-24(23)18-25/h5-15,18,21,26-29,38H,4,16-17,19-20H2,1-3H3,(H,35,39)(H,36,40)/t21?,26-,27+,28+,29?,33-,34?/m1/s1. The van der Waals surface area contributed by atoms with Gasteiger partial charge >= 0.3 is 0 Å². The molecule has 3 aliphatic heterocycles. The highest BCUT2D eigenvalue weighted by Crippen LogP contribution is 2.65. The van der Waals surface area contributed by atoms with E-state index in [1.54, 1.807) is 0 Å². The van der Waals surface area contributed by atoms with Gasteiger partial charge in [0.2, 0.25) is 17.7 Å². The summed E-state index contributed by atoms with van der Waals surface area (Å²) in [6.07, 6.45) is 1.60. The van der Waals surface area contributed by atoms with Crippen LogP contribution in [0.4, 0.5) is 5.69 Å². The third kappa shape index (κ3) is 4.39. The summed E-state index contributed by atoms with van der Waals surface area (Å²) in [5.41, 5.74) is -0.529. The van der Waals surface area contributed by atoms with E-state index in [1.165, 1.54) is 4.90 Å². The summed E-state index contributed by atoms with van der Waals surface area (Å²) in [5.74, 6) is -2.53. The van der Waals surface area contributed by atoms with Crippen molar-refractivity contribution >= 4 is 34.2 Å². The molecule has 3 saturated heterocycles. The Morgan fingerprint density at radius 3 is 2.48 bits per heavy atom. The third-order valence-corrected chi connectivity index (χ3v) is 9.77. The lowest BCUT2D eigenvalue weighted by Crippen LogP contribution is -2.57. The molecule has 6 rings (SSSR count). The predicted molar refractivity (Wildman–Crippen MR) is 161 cm³/mol. The van der Waals surface area contributed by atoms with E-state index in [0.29, 0.717) is 25.1 Å². The number of nitrogens with one attached hydrogen (secondary N) is 2. The van der Waals surface area contributed by atoms with Crippen LogP contribution in [0.5, 0.6) is 0 Å². The molecule has 8 heteroatoms. The normalized spacial score (nSPS) is 30.4. The number of carbonyl (C=O) groups is 3. The molecule has 3 aromatic rings. The lowest BCUT2D eigenvalue weighted by molar-refractivity contribution is -0.149. The van der Waals surface area contributed by atoms with Crippen LogP contribution in [-0.2, 0) is 25.5 Å². The number of likely N-dealkylation sites (tertiary alicyclic amines) is 1. The van der Waals surface area contributed by atoms with Gasteiger partial charge in [-0.2, -0.15) is 0 Å². The molecule has 3 aromatic carbocycles. The van der Waals surface area contributed by atoms with Gasteiger partial charge in [-0.3, -0.25) is 14.4 Å². The van der Waals surface area contributed by atoms with Gasteiger partial charge in [0.05, 0.1) is 30.1 Å². The first-order valence-corrected chi connectivity index (χ1v) is 15.0. The maximum Gasteiger partial charge on any atom is 0.250 e. The lowest BCUT2D eigenvalue weighted by Gasteiger charge is -2.37. The molecule has 3 N–H and O–H groups in total. The molecular weight excluding hydrogens is 530 g/mol. The summed E-state index contributed by atoms with van der Waals surface area (Å²) in [4.78, 5) is 44.1. The highest BCUT2D eigenvalue weighted by molar-refractivity contribution is 6.04. The summed E-state index contributed by atoms with van der Waals surface area (Å²) in [6.45, 7) is 6.09. The van der Waals surface area contributed by atoms with Crippen LogP contribution in [0.1, 0.15) is 39.2 Å². The summed E-state index contributed by atoms with van der Waals surface area (Å²) in [5, 5.41) is 18.7. The number of ether oxygens (including phenoxy) is 1. The minimum Gasteiger partial charge on any atom is -0.394 e. The highest BCUT2D eigenvalue weighted by atomic mass is 16.5. The van der Waals surface area contributed by atoms with Gasteiger partial charge in [0, 0.05) is 12.2 Å². The average Bonchev–Trinajstić information content (AvgIpc) is 3.51. The van der Waals surface area contributed by atoms with Gasteiger partial charge in [0.1, 0.15) is 11.6 Å². The number of fused-ring (bicyclic) bond motifs is 2. The molecule has 3 unspecified atom stereocenters. The molecule has 2 bridgehead atoms. The fourth-order valence-electron chi connectivity index (χ4n) is 7.74. The Labute approximate surface area is 246 Å². The number of hydrogen-bond donors (Lipinski definition) is 3. The molecule has 0 aliphatic carbocycles. The monoisotopic (exact) mass is 569 g/mol. The van der Waals surface area contributed by atoms with Crippen molar-refractivity contribution in [2.75, 3.05) is 18.5 Å². The molecule has 3 aliphatic rings. The maximum absolute atomic E-state index is 14.5. The zero-order valence-electron chi connectivity index (χ0n) is 24.4. The van der Waals surface area contributed by atoms with E-state index < -0.39 is 35.1 Å². The van der Waals surface area contributed by atoms with Gasteiger partial charge in [-0.05, 0) is 60.6 Å². The highest BCUT2D eigenvalue weighted by Gasteiger charge is 2.80. The van der Waals surface area contributed by atoms with Crippen LogP contribution in [0.25, 0.3) is 10.8 Å². The number of anilines is 1. The van der Waals surface area contributed by atoms with Crippen molar-refractivity contribution in [1.29, 1.82) is 0 Å². The van der Waals surface area contributed by atoms with Crippen LogP contribution in [0.2, 0.25) is 0 Å². The Hall–Kier alpha value is -3.75. The van der Waals surface area contributed by atoms with Crippen molar-refractivity contribution in [2.24, 2.45) is 17.8 Å². The van der Waals surface area contributed by atoms with Crippen LogP contribution >= 0.6 is 0 Å². The molecule has 8 nitrogen and oxygen atoms in total. The van der Waals surface area contributed by atoms with E-state index in [1.807, 2.05) is 93.6 Å². The summed E-state index contributed by atoms with van der Waals surface area (Å²) in [7, 11) is 0. The van der Waals surface area contributed by atoms with Crippen molar-refractivity contribution in [3.8, 4) is 0 Å². The number of carbonyl (C=O) groups excluding carboxylic acids is 3. The van der Waals surface area contributed by atoms with Gasteiger partial charge in [0.15, 0.2) is 0 Å². The molecule has 3 amide bonds. The molecule has 220 valence electrons. The quantitative estimate of drug-likeness (QED) is 0.362. The molecule has 3 heterocycles. The molecule has 42 heavy (non-hydrogen) atoms. The lowest BCUT2D eigenvalue weighted by atomic mass is 9.62. The van der Waals surface area contributed by atoms with E-state index in [0.717, 1.165) is 22.8 Å². The summed E-state index contributed by atoms with van der Waals surface area (Å²) in [6, 6.07) is 21.5. The number of nitrogens with zero attached hydrogens (tertiary/aromatic N) is 1. The van der Waals surface area contributed by atoms with Crippen LogP contribution in [0, 0.1) is 17.8 Å². The first-order valence-electron chi connectivity index (χ1n) is 15.0. The Bertz CT molecular complexity index is 1510. The van der Waals surface area contributed by atoms with Crippen LogP contribution in [-0.4, -0.2) is 64.2 Å². The molecule has 3 fully saturated rings.